The molecule has 0 spiro atoms. The van der Waals surface area contributed by atoms with Crippen LogP contribution in [0.3, 0.4) is 0 Å². The number of aromatic carboxylic acids is 1. The molecule has 0 aliphatic carbocycles. The van der Waals surface area contributed by atoms with Gasteiger partial charge in [-0.15, -0.1) is 0 Å². The van der Waals surface area contributed by atoms with Gasteiger partial charge in [0, 0.05) is 24.5 Å². The van der Waals surface area contributed by atoms with Gasteiger partial charge >= 0.3 is 5.97 Å². The maximum absolute atomic E-state index is 14.0. The number of benzene rings is 1. The van der Waals surface area contributed by atoms with Gasteiger partial charge in [-0.1, -0.05) is 15.9 Å². The normalized spacial score (nSPS) is 11.3. The number of carboxylic acids is 1. The molecule has 0 aliphatic rings. The lowest BCUT2D eigenvalue weighted by Crippen LogP contribution is -2.29. The molecule has 1 aromatic carbocycles. The zero-order valence-electron chi connectivity index (χ0n) is 10.3. The Labute approximate surface area is 123 Å². The monoisotopic (exact) mass is 364 g/mol. The predicted molar refractivity (Wildman–Crippen MR) is 71.1 cm³/mol. The van der Waals surface area contributed by atoms with E-state index in [9.17, 15) is 17.6 Å². The molecule has 0 unspecified atom stereocenters. The Morgan fingerprint density at radius 3 is 2.65 bits per heavy atom. The summed E-state index contributed by atoms with van der Waals surface area (Å²) in [4.78, 5) is 10.1. The highest BCUT2D eigenvalue weighted by Gasteiger charge is 2.28. The Balaban J connectivity index is 3.39. The maximum atomic E-state index is 14.0. The van der Waals surface area contributed by atoms with E-state index in [-0.39, 0.29) is 17.4 Å². The van der Waals surface area contributed by atoms with Crippen LogP contribution in [0.15, 0.2) is 21.5 Å². The fraction of sp³-hybridized carbons (Fsp3) is 0.273. The number of carboxylic acid groups (broad SMARTS) is 1. The van der Waals surface area contributed by atoms with Crippen LogP contribution in [-0.4, -0.2) is 37.4 Å². The Bertz CT molecular complexity index is 684. The van der Waals surface area contributed by atoms with Gasteiger partial charge in [-0.3, -0.25) is 0 Å². The Kier molecular flexibility index (Phi) is 5.21. The minimum absolute atomic E-state index is 0.0584. The first kappa shape index (κ1) is 16.6. The average molecular weight is 365 g/mol. The van der Waals surface area contributed by atoms with Gasteiger partial charge in [-0.05, 0) is 12.1 Å². The number of nitriles is 1. The fourth-order valence-corrected chi connectivity index (χ4v) is 3.29. The Morgan fingerprint density at radius 2 is 2.15 bits per heavy atom. The Hall–Kier alpha value is -1.50. The molecule has 0 aromatic heterocycles. The average Bonchev–Trinajstić information content (AvgIpc) is 2.37. The van der Waals surface area contributed by atoms with Crippen LogP contribution < -0.4 is 0 Å². The van der Waals surface area contributed by atoms with Gasteiger partial charge in [0.1, 0.15) is 4.90 Å². The maximum Gasteiger partial charge on any atom is 0.338 e. The summed E-state index contributed by atoms with van der Waals surface area (Å²) in [5.74, 6) is -2.90. The summed E-state index contributed by atoms with van der Waals surface area (Å²) in [6.45, 7) is -0.118. The third kappa shape index (κ3) is 3.33. The van der Waals surface area contributed by atoms with Crippen molar-refractivity contribution in [3.8, 4) is 6.07 Å². The number of sulfonamides is 1. The minimum Gasteiger partial charge on any atom is -0.478 e. The number of halogens is 2. The van der Waals surface area contributed by atoms with E-state index in [4.69, 9.17) is 10.4 Å². The molecule has 9 heteroatoms. The first-order valence-electron chi connectivity index (χ1n) is 5.27. The molecule has 1 aromatic rings. The van der Waals surface area contributed by atoms with Crippen molar-refractivity contribution in [2.24, 2.45) is 0 Å². The van der Waals surface area contributed by atoms with Crippen molar-refractivity contribution in [3.05, 3.63) is 28.0 Å². The van der Waals surface area contributed by atoms with E-state index >= 15 is 0 Å². The molecule has 0 fully saturated rings. The largest absolute Gasteiger partial charge is 0.478 e. The molecule has 0 heterocycles. The van der Waals surface area contributed by atoms with Crippen LogP contribution in [0.25, 0.3) is 0 Å². The summed E-state index contributed by atoms with van der Waals surface area (Å²) >= 11 is 2.94. The lowest BCUT2D eigenvalue weighted by Gasteiger charge is -2.17. The number of hydrogen-bond donors (Lipinski definition) is 1. The number of hydrogen-bond acceptors (Lipinski definition) is 4. The highest BCUT2D eigenvalue weighted by Crippen LogP contribution is 2.26. The van der Waals surface area contributed by atoms with E-state index in [1.165, 1.54) is 7.05 Å². The van der Waals surface area contributed by atoms with Crippen molar-refractivity contribution < 1.29 is 22.7 Å². The molecule has 1 N–H and O–H groups in total. The molecule has 0 bridgehead atoms. The van der Waals surface area contributed by atoms with Crippen LogP contribution in [-0.2, 0) is 10.0 Å². The van der Waals surface area contributed by atoms with Gasteiger partial charge in [0.05, 0.1) is 11.6 Å². The quantitative estimate of drug-likeness (QED) is 0.858. The molecule has 0 radical (unpaired) electrons. The summed E-state index contributed by atoms with van der Waals surface area (Å²) in [6, 6.07) is 3.74. The van der Waals surface area contributed by atoms with Crippen LogP contribution in [0.5, 0.6) is 0 Å². The molecule has 0 aliphatic heterocycles. The summed E-state index contributed by atoms with van der Waals surface area (Å²) in [5, 5.41) is 17.3. The number of rotatable bonds is 5. The summed E-state index contributed by atoms with van der Waals surface area (Å²) in [5.41, 5.74) is -0.744. The third-order valence-electron chi connectivity index (χ3n) is 2.46. The van der Waals surface area contributed by atoms with E-state index in [0.29, 0.717) is 0 Å². The molecule has 0 atom stereocenters. The van der Waals surface area contributed by atoms with E-state index in [0.717, 1.165) is 16.4 Å². The third-order valence-corrected chi connectivity index (χ3v) is 4.78. The molecule has 20 heavy (non-hydrogen) atoms. The molecule has 1 rings (SSSR count). The van der Waals surface area contributed by atoms with Crippen LogP contribution in [0, 0.1) is 17.1 Å². The van der Waals surface area contributed by atoms with Crippen LogP contribution in [0.2, 0.25) is 0 Å². The lowest BCUT2D eigenvalue weighted by atomic mass is 10.2. The van der Waals surface area contributed by atoms with Crippen molar-refractivity contribution in [2.75, 3.05) is 13.6 Å². The van der Waals surface area contributed by atoms with E-state index in [1.807, 2.05) is 0 Å². The summed E-state index contributed by atoms with van der Waals surface area (Å²) in [7, 11) is -3.02. The zero-order valence-corrected chi connectivity index (χ0v) is 12.7. The molecule has 0 saturated heterocycles. The molecule has 108 valence electrons. The summed E-state index contributed by atoms with van der Waals surface area (Å²) in [6.07, 6.45) is -0.0584. The van der Waals surface area contributed by atoms with Crippen molar-refractivity contribution in [1.29, 1.82) is 5.26 Å². The van der Waals surface area contributed by atoms with Gasteiger partial charge in [0.25, 0.3) is 0 Å². The van der Waals surface area contributed by atoms with Crippen molar-refractivity contribution in [1.82, 2.24) is 4.31 Å². The van der Waals surface area contributed by atoms with Crippen molar-refractivity contribution >= 4 is 31.9 Å². The second kappa shape index (κ2) is 6.30. The molecule has 0 amide bonds. The minimum atomic E-state index is -4.21. The number of carbonyl (C=O) groups is 1. The first-order valence-corrected chi connectivity index (χ1v) is 7.50. The second-order valence-electron chi connectivity index (χ2n) is 3.81. The molecule has 0 saturated carbocycles. The standard InChI is InChI=1S/C11H10BrFN2O4S/c1-15(4-2-3-14)20(18,19)9-6-7(12)5-8(10(9)13)11(16)17/h5-6H,2,4H2,1H3,(H,16,17). The predicted octanol–water partition coefficient (Wildman–Crippen LogP) is 1.82. The zero-order chi connectivity index (χ0) is 15.5. The molecule has 6 nitrogen and oxygen atoms in total. The van der Waals surface area contributed by atoms with E-state index < -0.39 is 32.3 Å². The Morgan fingerprint density at radius 1 is 1.55 bits per heavy atom. The molecular formula is C11H10BrFN2O4S. The van der Waals surface area contributed by atoms with Crippen molar-refractivity contribution in [2.45, 2.75) is 11.3 Å². The highest BCUT2D eigenvalue weighted by atomic mass is 79.9. The van der Waals surface area contributed by atoms with Gasteiger partial charge in [0.15, 0.2) is 5.82 Å². The lowest BCUT2D eigenvalue weighted by molar-refractivity contribution is 0.0691. The highest BCUT2D eigenvalue weighted by molar-refractivity contribution is 9.10. The van der Waals surface area contributed by atoms with E-state index in [2.05, 4.69) is 15.9 Å². The molecular weight excluding hydrogens is 355 g/mol. The second-order valence-corrected chi connectivity index (χ2v) is 6.73. The summed E-state index contributed by atoms with van der Waals surface area (Å²) < 4.78 is 39.2. The topological polar surface area (TPSA) is 98.5 Å². The van der Waals surface area contributed by atoms with Crippen LogP contribution in [0.4, 0.5) is 4.39 Å². The van der Waals surface area contributed by atoms with E-state index in [1.54, 1.807) is 6.07 Å². The van der Waals surface area contributed by atoms with Gasteiger partial charge in [0.2, 0.25) is 10.0 Å². The van der Waals surface area contributed by atoms with Crippen LogP contribution >= 0.6 is 15.9 Å². The smallest absolute Gasteiger partial charge is 0.338 e. The fourth-order valence-electron chi connectivity index (χ4n) is 1.40. The van der Waals surface area contributed by atoms with Crippen LogP contribution in [0.1, 0.15) is 16.8 Å². The SMILES string of the molecule is CN(CCC#N)S(=O)(=O)c1cc(Br)cc(C(=O)O)c1F. The van der Waals surface area contributed by atoms with Gasteiger partial charge in [-0.25, -0.2) is 17.6 Å². The number of nitrogens with zero attached hydrogens (tertiary/aromatic N) is 2. The van der Waals surface area contributed by atoms with Gasteiger partial charge in [-0.2, -0.15) is 9.57 Å². The van der Waals surface area contributed by atoms with Crippen molar-refractivity contribution in [3.63, 3.8) is 0 Å². The van der Waals surface area contributed by atoms with Gasteiger partial charge < -0.3 is 5.11 Å². The first-order chi connectivity index (χ1) is 9.21.